The summed E-state index contributed by atoms with van der Waals surface area (Å²) < 4.78 is 27.5. The van der Waals surface area contributed by atoms with Crippen LogP contribution in [0, 0.1) is 0 Å². The molecular formula is C17H20Br2O7. The van der Waals surface area contributed by atoms with Crippen LogP contribution in [-0.4, -0.2) is 50.3 Å². The third-order valence-electron chi connectivity index (χ3n) is 4.07. The maximum Gasteiger partial charge on any atom is 0.338 e. The molecule has 0 aromatic heterocycles. The summed E-state index contributed by atoms with van der Waals surface area (Å²) in [6.07, 6.45) is -1.90. The normalized spacial score (nSPS) is 22.5. The first kappa shape index (κ1) is 21.1. The number of rotatable bonds is 6. The van der Waals surface area contributed by atoms with Gasteiger partial charge in [-0.2, -0.15) is 0 Å². The topological polar surface area (TPSA) is 80.3 Å². The molecule has 144 valence electrons. The summed E-state index contributed by atoms with van der Waals surface area (Å²) in [6, 6.07) is 5.25. The quantitative estimate of drug-likeness (QED) is 0.443. The van der Waals surface area contributed by atoms with Gasteiger partial charge in [0.15, 0.2) is 12.2 Å². The van der Waals surface area contributed by atoms with Crippen molar-refractivity contribution in [2.45, 2.75) is 36.2 Å². The second kappa shape index (κ2) is 8.69. The third kappa shape index (κ3) is 3.76. The molecule has 1 aliphatic rings. The molecule has 0 radical (unpaired) electrons. The number of methoxy groups -OCH3 is 3. The Morgan fingerprint density at radius 3 is 2.08 bits per heavy atom. The zero-order valence-corrected chi connectivity index (χ0v) is 18.0. The summed E-state index contributed by atoms with van der Waals surface area (Å²) in [6.45, 7) is 1.92. The molecular weight excluding hydrogens is 476 g/mol. The van der Waals surface area contributed by atoms with Crippen LogP contribution in [0.25, 0.3) is 0 Å². The Morgan fingerprint density at radius 2 is 1.69 bits per heavy atom. The van der Waals surface area contributed by atoms with Gasteiger partial charge < -0.3 is 23.7 Å². The molecule has 1 aromatic carbocycles. The standard InChI is InChI=1S/C17H20Br2O7/c1-5-12(19)17(9-6-7-11(22-2)10(18)8-9)25-13(15(20)23-3)14(26-17)16(21)24-4/h6-8,12-14H,5H2,1-4H3/t12-,13+,14+/m0/s1. The Morgan fingerprint density at radius 1 is 1.15 bits per heavy atom. The number of ether oxygens (including phenoxy) is 5. The zero-order valence-electron chi connectivity index (χ0n) is 14.8. The largest absolute Gasteiger partial charge is 0.496 e. The van der Waals surface area contributed by atoms with Crippen molar-refractivity contribution in [3.05, 3.63) is 28.2 Å². The minimum atomic E-state index is -1.39. The monoisotopic (exact) mass is 494 g/mol. The predicted molar refractivity (Wildman–Crippen MR) is 99.2 cm³/mol. The summed E-state index contributed by atoms with van der Waals surface area (Å²) in [5, 5.41) is 0. The molecule has 1 saturated heterocycles. The third-order valence-corrected chi connectivity index (χ3v) is 5.94. The second-order valence-corrected chi connectivity index (χ2v) is 7.48. The van der Waals surface area contributed by atoms with E-state index >= 15 is 0 Å². The highest BCUT2D eigenvalue weighted by Gasteiger charge is 2.58. The number of alkyl halides is 1. The van der Waals surface area contributed by atoms with E-state index in [1.807, 2.05) is 6.92 Å². The lowest BCUT2D eigenvalue weighted by Crippen LogP contribution is -2.38. The Kier molecular flexibility index (Phi) is 7.06. The fourth-order valence-corrected chi connectivity index (χ4v) is 3.74. The van der Waals surface area contributed by atoms with E-state index in [0.717, 1.165) is 0 Å². The highest BCUT2D eigenvalue weighted by Crippen LogP contribution is 2.46. The van der Waals surface area contributed by atoms with Gasteiger partial charge >= 0.3 is 11.9 Å². The molecule has 1 heterocycles. The van der Waals surface area contributed by atoms with E-state index in [1.54, 1.807) is 25.3 Å². The zero-order chi connectivity index (χ0) is 19.5. The summed E-state index contributed by atoms with van der Waals surface area (Å²) in [5.41, 5.74) is 0.606. The first-order valence-corrected chi connectivity index (χ1v) is 9.54. The minimum Gasteiger partial charge on any atom is -0.496 e. The fourth-order valence-electron chi connectivity index (χ4n) is 2.72. The van der Waals surface area contributed by atoms with E-state index in [2.05, 4.69) is 31.9 Å². The predicted octanol–water partition coefficient (Wildman–Crippen LogP) is 2.91. The highest BCUT2D eigenvalue weighted by atomic mass is 79.9. The maximum absolute atomic E-state index is 12.2. The highest BCUT2D eigenvalue weighted by molar-refractivity contribution is 9.10. The van der Waals surface area contributed by atoms with Gasteiger partial charge in [-0.25, -0.2) is 9.59 Å². The lowest BCUT2D eigenvalue weighted by atomic mass is 10.0. The van der Waals surface area contributed by atoms with E-state index in [9.17, 15) is 9.59 Å². The van der Waals surface area contributed by atoms with Gasteiger partial charge in [-0.3, -0.25) is 0 Å². The van der Waals surface area contributed by atoms with Crippen molar-refractivity contribution in [2.24, 2.45) is 0 Å². The Hall–Kier alpha value is -1.16. The van der Waals surface area contributed by atoms with Crippen LogP contribution in [0.15, 0.2) is 22.7 Å². The van der Waals surface area contributed by atoms with E-state index in [1.165, 1.54) is 14.2 Å². The van der Waals surface area contributed by atoms with Crippen LogP contribution in [0.3, 0.4) is 0 Å². The molecule has 3 atom stereocenters. The Bertz CT molecular complexity index is 655. The molecule has 26 heavy (non-hydrogen) atoms. The Labute approximate surface area is 168 Å². The summed E-state index contributed by atoms with van der Waals surface area (Å²) in [4.78, 5) is 24.0. The van der Waals surface area contributed by atoms with Crippen LogP contribution in [0.5, 0.6) is 5.75 Å². The van der Waals surface area contributed by atoms with Crippen molar-refractivity contribution in [3.8, 4) is 5.75 Å². The lowest BCUT2D eigenvalue weighted by Gasteiger charge is -2.33. The molecule has 0 bridgehead atoms. The molecule has 0 amide bonds. The van der Waals surface area contributed by atoms with Crippen LogP contribution in [0.1, 0.15) is 18.9 Å². The van der Waals surface area contributed by atoms with Gasteiger partial charge in [-0.15, -0.1) is 0 Å². The first-order chi connectivity index (χ1) is 12.3. The van der Waals surface area contributed by atoms with Gasteiger partial charge in [0.25, 0.3) is 0 Å². The van der Waals surface area contributed by atoms with Crippen molar-refractivity contribution < 1.29 is 33.3 Å². The lowest BCUT2D eigenvalue weighted by molar-refractivity contribution is -0.194. The molecule has 1 fully saturated rings. The van der Waals surface area contributed by atoms with Gasteiger partial charge in [0.1, 0.15) is 5.75 Å². The summed E-state index contributed by atoms with van der Waals surface area (Å²) in [5.74, 6) is -2.20. The van der Waals surface area contributed by atoms with Gasteiger partial charge in [0.05, 0.1) is 30.6 Å². The van der Waals surface area contributed by atoms with Gasteiger partial charge in [-0.05, 0) is 40.5 Å². The number of benzene rings is 1. The van der Waals surface area contributed by atoms with E-state index in [0.29, 0.717) is 22.2 Å². The van der Waals surface area contributed by atoms with Crippen molar-refractivity contribution in [3.63, 3.8) is 0 Å². The second-order valence-electron chi connectivity index (χ2n) is 5.52. The number of carbonyl (C=O) groups is 2. The van der Waals surface area contributed by atoms with E-state index < -0.39 is 29.9 Å². The number of halogens is 2. The first-order valence-electron chi connectivity index (χ1n) is 7.83. The molecule has 9 heteroatoms. The number of esters is 2. The van der Waals surface area contributed by atoms with E-state index in [-0.39, 0.29) is 4.83 Å². The van der Waals surface area contributed by atoms with Crippen molar-refractivity contribution in [1.82, 2.24) is 0 Å². The van der Waals surface area contributed by atoms with Crippen LogP contribution in [-0.2, 0) is 34.3 Å². The van der Waals surface area contributed by atoms with Gasteiger partial charge in [0.2, 0.25) is 5.79 Å². The molecule has 0 aliphatic carbocycles. The van der Waals surface area contributed by atoms with Crippen LogP contribution in [0.4, 0.5) is 0 Å². The Balaban J connectivity index is 2.55. The SMILES string of the molecule is CC[C@H](Br)C1(c2ccc(OC)c(Br)c2)O[C@@H](C(=O)OC)[C@H](C(=O)OC)O1. The minimum absolute atomic E-state index is 0.350. The van der Waals surface area contributed by atoms with E-state index in [4.69, 9.17) is 23.7 Å². The van der Waals surface area contributed by atoms with Gasteiger partial charge in [0, 0.05) is 5.56 Å². The molecule has 0 saturated carbocycles. The molecule has 1 aromatic rings. The maximum atomic E-state index is 12.2. The molecule has 0 spiro atoms. The number of carbonyl (C=O) groups excluding carboxylic acids is 2. The fraction of sp³-hybridized carbons (Fsp3) is 0.529. The van der Waals surface area contributed by atoms with Gasteiger partial charge in [-0.1, -0.05) is 22.9 Å². The molecule has 0 N–H and O–H groups in total. The molecule has 0 unspecified atom stereocenters. The summed E-state index contributed by atoms with van der Waals surface area (Å²) >= 11 is 6.98. The van der Waals surface area contributed by atoms with Crippen molar-refractivity contribution >= 4 is 43.8 Å². The number of hydrogen-bond acceptors (Lipinski definition) is 7. The van der Waals surface area contributed by atoms with Crippen molar-refractivity contribution in [2.75, 3.05) is 21.3 Å². The number of hydrogen-bond donors (Lipinski definition) is 0. The van der Waals surface area contributed by atoms with Crippen LogP contribution in [0.2, 0.25) is 0 Å². The van der Waals surface area contributed by atoms with Crippen LogP contribution >= 0.6 is 31.9 Å². The van der Waals surface area contributed by atoms with Crippen molar-refractivity contribution in [1.29, 1.82) is 0 Å². The average Bonchev–Trinajstić information content (AvgIpc) is 3.08. The molecule has 1 aliphatic heterocycles. The summed E-state index contributed by atoms with van der Waals surface area (Å²) in [7, 11) is 3.99. The van der Waals surface area contributed by atoms with Crippen LogP contribution < -0.4 is 4.74 Å². The molecule has 2 rings (SSSR count). The average molecular weight is 496 g/mol. The molecule has 7 nitrogen and oxygen atoms in total. The smallest absolute Gasteiger partial charge is 0.338 e.